The lowest BCUT2D eigenvalue weighted by Gasteiger charge is -2.03. The molecule has 0 aliphatic heterocycles. The molecule has 0 aliphatic rings. The first-order valence-corrected chi connectivity index (χ1v) is 10.0. The zero-order valence-corrected chi connectivity index (χ0v) is 17.1. The van der Waals surface area contributed by atoms with E-state index in [1.54, 1.807) is 0 Å². The Hall–Kier alpha value is -2.62. The molecule has 0 aromatic heterocycles. The van der Waals surface area contributed by atoms with Crippen LogP contribution in [0.4, 0.5) is 0 Å². The molecule has 2 rings (SSSR count). The number of ether oxygens (including phenoxy) is 2. The van der Waals surface area contributed by atoms with Crippen LogP contribution in [0.5, 0.6) is 0 Å². The summed E-state index contributed by atoms with van der Waals surface area (Å²) in [6, 6.07) is 20.1. The third-order valence-electron chi connectivity index (χ3n) is 3.90. The van der Waals surface area contributed by atoms with E-state index in [1.807, 2.05) is 74.5 Å². The van der Waals surface area contributed by atoms with Gasteiger partial charge in [0.2, 0.25) is 0 Å². The first-order valence-electron chi connectivity index (χ1n) is 10.0. The number of hydrogen-bond donors (Lipinski definition) is 0. The Bertz CT molecular complexity index is 593. The van der Waals surface area contributed by atoms with Gasteiger partial charge in [0.15, 0.2) is 0 Å². The van der Waals surface area contributed by atoms with Crippen molar-refractivity contribution >= 4 is 11.9 Å². The molecule has 0 spiro atoms. The highest BCUT2D eigenvalue weighted by atomic mass is 16.5. The largest absolute Gasteiger partial charge is 0.465 e. The molecule has 0 saturated carbocycles. The molecule has 0 fully saturated rings. The van der Waals surface area contributed by atoms with Gasteiger partial charge in [0.05, 0.1) is 13.2 Å². The molecule has 0 N–H and O–H groups in total. The highest BCUT2D eigenvalue weighted by Gasteiger charge is 2.00. The average Bonchev–Trinajstić information content (AvgIpc) is 2.71. The van der Waals surface area contributed by atoms with E-state index in [0.29, 0.717) is 26.1 Å². The van der Waals surface area contributed by atoms with E-state index in [-0.39, 0.29) is 11.9 Å². The molecular formula is C24H32O4. The number of benzene rings is 2. The molecule has 0 saturated heterocycles. The van der Waals surface area contributed by atoms with E-state index >= 15 is 0 Å². The van der Waals surface area contributed by atoms with Crippen LogP contribution in [-0.2, 0) is 31.9 Å². The van der Waals surface area contributed by atoms with E-state index in [9.17, 15) is 9.59 Å². The fourth-order valence-corrected chi connectivity index (χ4v) is 2.41. The molecule has 4 heteroatoms. The molecule has 4 nitrogen and oxygen atoms in total. The van der Waals surface area contributed by atoms with Crippen LogP contribution in [0.3, 0.4) is 0 Å². The van der Waals surface area contributed by atoms with Gasteiger partial charge in [-0.2, -0.15) is 0 Å². The molecule has 0 atom stereocenters. The molecule has 2 aromatic rings. The Labute approximate surface area is 168 Å². The summed E-state index contributed by atoms with van der Waals surface area (Å²) in [5.41, 5.74) is 2.41. The van der Waals surface area contributed by atoms with Gasteiger partial charge in [-0.05, 0) is 24.0 Å². The van der Waals surface area contributed by atoms with Gasteiger partial charge < -0.3 is 9.47 Å². The molecule has 0 bridgehead atoms. The van der Waals surface area contributed by atoms with Crippen LogP contribution < -0.4 is 0 Å². The fraction of sp³-hybridized carbons (Fsp3) is 0.417. The van der Waals surface area contributed by atoms with Gasteiger partial charge in [0.1, 0.15) is 0 Å². The Kier molecular flexibility index (Phi) is 12.9. The van der Waals surface area contributed by atoms with Gasteiger partial charge in [-0.15, -0.1) is 0 Å². The second-order valence-electron chi connectivity index (χ2n) is 6.41. The summed E-state index contributed by atoms with van der Waals surface area (Å²) in [4.78, 5) is 22.0. The van der Waals surface area contributed by atoms with Crippen molar-refractivity contribution in [1.82, 2.24) is 0 Å². The Morgan fingerprint density at radius 2 is 1.00 bits per heavy atom. The van der Waals surface area contributed by atoms with Crippen LogP contribution in [0.15, 0.2) is 60.7 Å². The average molecular weight is 385 g/mol. The van der Waals surface area contributed by atoms with Gasteiger partial charge >= 0.3 is 11.9 Å². The van der Waals surface area contributed by atoms with E-state index in [1.165, 1.54) is 11.1 Å². The van der Waals surface area contributed by atoms with Crippen LogP contribution in [0, 0.1) is 0 Å². The van der Waals surface area contributed by atoms with E-state index in [4.69, 9.17) is 9.47 Å². The quantitative estimate of drug-likeness (QED) is 0.532. The monoisotopic (exact) mass is 384 g/mol. The minimum absolute atomic E-state index is 0.0940. The summed E-state index contributed by atoms with van der Waals surface area (Å²) < 4.78 is 10.1. The molecule has 0 radical (unpaired) electrons. The molecule has 2 aromatic carbocycles. The lowest BCUT2D eigenvalue weighted by Crippen LogP contribution is -2.06. The van der Waals surface area contributed by atoms with E-state index in [0.717, 1.165) is 25.7 Å². The zero-order chi connectivity index (χ0) is 20.5. The summed E-state index contributed by atoms with van der Waals surface area (Å²) >= 11 is 0. The molecular weight excluding hydrogens is 352 g/mol. The van der Waals surface area contributed by atoms with Crippen molar-refractivity contribution in [2.24, 2.45) is 0 Å². The summed E-state index contributed by atoms with van der Waals surface area (Å²) in [6.45, 7) is 4.92. The molecule has 0 aliphatic carbocycles. The second kappa shape index (κ2) is 15.4. The first kappa shape index (κ1) is 23.4. The van der Waals surface area contributed by atoms with Crippen LogP contribution in [-0.4, -0.2) is 25.2 Å². The lowest BCUT2D eigenvalue weighted by molar-refractivity contribution is -0.144. The Balaban J connectivity index is 0.000000280. The molecule has 0 unspecified atom stereocenters. The highest BCUT2D eigenvalue weighted by Crippen LogP contribution is 2.01. The van der Waals surface area contributed by atoms with Crippen molar-refractivity contribution in [1.29, 1.82) is 0 Å². The third kappa shape index (κ3) is 11.9. The maximum Gasteiger partial charge on any atom is 0.305 e. The summed E-state index contributed by atoms with van der Waals surface area (Å²) in [5.74, 6) is -0.188. The molecule has 28 heavy (non-hydrogen) atoms. The second-order valence-corrected chi connectivity index (χ2v) is 6.41. The predicted molar refractivity (Wildman–Crippen MR) is 112 cm³/mol. The lowest BCUT2D eigenvalue weighted by atomic mass is 10.2. The van der Waals surface area contributed by atoms with Gasteiger partial charge in [0, 0.05) is 25.7 Å². The topological polar surface area (TPSA) is 52.6 Å². The Morgan fingerprint density at radius 1 is 0.643 bits per heavy atom. The van der Waals surface area contributed by atoms with Crippen molar-refractivity contribution in [3.8, 4) is 0 Å². The maximum atomic E-state index is 11.0. The normalized spacial score (nSPS) is 9.79. The fourth-order valence-electron chi connectivity index (χ4n) is 2.41. The SMILES string of the molecule is CCCC(=O)OCCc1ccccc1.CCCC(=O)OCCc1ccccc1. The van der Waals surface area contributed by atoms with Crippen molar-refractivity contribution in [2.75, 3.05) is 13.2 Å². The number of esters is 2. The van der Waals surface area contributed by atoms with Crippen molar-refractivity contribution in [2.45, 2.75) is 52.4 Å². The smallest absolute Gasteiger partial charge is 0.305 e. The van der Waals surface area contributed by atoms with Gasteiger partial charge in [-0.25, -0.2) is 0 Å². The third-order valence-corrected chi connectivity index (χ3v) is 3.90. The minimum Gasteiger partial charge on any atom is -0.465 e. The van der Waals surface area contributed by atoms with Gasteiger partial charge in [0.25, 0.3) is 0 Å². The number of rotatable bonds is 10. The maximum absolute atomic E-state index is 11.0. The summed E-state index contributed by atoms with van der Waals surface area (Å²) in [6.07, 6.45) is 4.35. The molecule has 0 amide bonds. The summed E-state index contributed by atoms with van der Waals surface area (Å²) in [7, 11) is 0. The van der Waals surface area contributed by atoms with Crippen molar-refractivity contribution in [3.05, 3.63) is 71.8 Å². The van der Waals surface area contributed by atoms with Crippen molar-refractivity contribution in [3.63, 3.8) is 0 Å². The minimum atomic E-state index is -0.0940. The van der Waals surface area contributed by atoms with Crippen molar-refractivity contribution < 1.29 is 19.1 Å². The summed E-state index contributed by atoms with van der Waals surface area (Å²) in [5, 5.41) is 0. The van der Waals surface area contributed by atoms with Crippen LogP contribution in [0.25, 0.3) is 0 Å². The standard InChI is InChI=1S/2C12H16O2/c2*1-2-6-12(13)14-10-9-11-7-4-3-5-8-11/h2*3-5,7-8H,2,6,9-10H2,1H3. The number of carbonyl (C=O) groups is 2. The van der Waals surface area contributed by atoms with Gasteiger partial charge in [-0.1, -0.05) is 74.5 Å². The number of carbonyl (C=O) groups excluding carboxylic acids is 2. The Morgan fingerprint density at radius 3 is 1.32 bits per heavy atom. The number of hydrogen-bond acceptors (Lipinski definition) is 4. The van der Waals surface area contributed by atoms with E-state index < -0.39 is 0 Å². The molecule has 152 valence electrons. The predicted octanol–water partition coefficient (Wildman–Crippen LogP) is 5.14. The van der Waals surface area contributed by atoms with Crippen LogP contribution in [0.2, 0.25) is 0 Å². The first-order chi connectivity index (χ1) is 13.7. The molecule has 0 heterocycles. The highest BCUT2D eigenvalue weighted by molar-refractivity contribution is 5.69. The van der Waals surface area contributed by atoms with Crippen LogP contribution in [0.1, 0.15) is 50.7 Å². The zero-order valence-electron chi connectivity index (χ0n) is 17.1. The van der Waals surface area contributed by atoms with E-state index in [2.05, 4.69) is 0 Å². The van der Waals surface area contributed by atoms with Gasteiger partial charge in [-0.3, -0.25) is 9.59 Å². The van der Waals surface area contributed by atoms with Crippen LogP contribution >= 0.6 is 0 Å².